The summed E-state index contributed by atoms with van der Waals surface area (Å²) in [6, 6.07) is 6.11. The largest absolute Gasteiger partial charge is 0.216 e. The third kappa shape index (κ3) is 2.82. The molecule has 1 aromatic carbocycles. The molecule has 0 unspecified atom stereocenters. The lowest BCUT2D eigenvalue weighted by molar-refractivity contribution is 0.390. The van der Waals surface area contributed by atoms with Crippen molar-refractivity contribution in [2.75, 3.05) is 0 Å². The minimum atomic E-state index is -3.45. The van der Waals surface area contributed by atoms with Gasteiger partial charge in [-0.25, -0.2) is 17.5 Å². The van der Waals surface area contributed by atoms with Crippen LogP contribution in [0.1, 0.15) is 31.2 Å². The average molecular weight is 283 g/mol. The van der Waals surface area contributed by atoms with Crippen LogP contribution >= 0.6 is 0 Å². The fourth-order valence-electron chi connectivity index (χ4n) is 3.48. The van der Waals surface area contributed by atoms with Gasteiger partial charge in [0.25, 0.3) is 0 Å². The van der Waals surface area contributed by atoms with Gasteiger partial charge in [-0.2, -0.15) is 0 Å². The molecule has 1 N–H and O–H groups in total. The fraction of sp³-hybridized carbons (Fsp3) is 0.571. The van der Waals surface area contributed by atoms with Crippen LogP contribution < -0.4 is 4.72 Å². The van der Waals surface area contributed by atoms with Crippen LogP contribution in [0.3, 0.4) is 0 Å². The SMILES string of the molecule is O=S(=O)(Cc1ccccc1F)N[C@H]1C[C@@H]2CC[C@@H]1C2. The van der Waals surface area contributed by atoms with Crippen molar-refractivity contribution in [1.82, 2.24) is 4.72 Å². The van der Waals surface area contributed by atoms with E-state index in [1.54, 1.807) is 12.1 Å². The summed E-state index contributed by atoms with van der Waals surface area (Å²) < 4.78 is 40.5. The van der Waals surface area contributed by atoms with E-state index in [0.29, 0.717) is 11.8 Å². The van der Waals surface area contributed by atoms with Crippen molar-refractivity contribution in [3.05, 3.63) is 35.6 Å². The summed E-state index contributed by atoms with van der Waals surface area (Å²) in [5.41, 5.74) is 0.234. The maximum Gasteiger partial charge on any atom is 0.216 e. The Balaban J connectivity index is 1.68. The van der Waals surface area contributed by atoms with Crippen LogP contribution in [0, 0.1) is 17.7 Å². The lowest BCUT2D eigenvalue weighted by Crippen LogP contribution is -2.39. The molecule has 0 heterocycles. The van der Waals surface area contributed by atoms with Crippen LogP contribution in [0.15, 0.2) is 24.3 Å². The molecule has 2 aliphatic carbocycles. The molecule has 0 aromatic heterocycles. The predicted molar refractivity (Wildman–Crippen MR) is 71.4 cm³/mol. The van der Waals surface area contributed by atoms with E-state index in [4.69, 9.17) is 0 Å². The van der Waals surface area contributed by atoms with Crippen LogP contribution in [0.2, 0.25) is 0 Å². The summed E-state index contributed by atoms with van der Waals surface area (Å²) in [6.45, 7) is 0. The van der Waals surface area contributed by atoms with E-state index in [1.807, 2.05) is 0 Å². The van der Waals surface area contributed by atoms with Gasteiger partial charge in [-0.05, 0) is 37.2 Å². The molecule has 0 radical (unpaired) electrons. The first kappa shape index (κ1) is 13.1. The van der Waals surface area contributed by atoms with Gasteiger partial charge in [0.1, 0.15) is 5.82 Å². The third-order valence-electron chi connectivity index (χ3n) is 4.37. The van der Waals surface area contributed by atoms with Crippen molar-refractivity contribution in [3.63, 3.8) is 0 Å². The Hall–Kier alpha value is -0.940. The van der Waals surface area contributed by atoms with Crippen LogP contribution in [-0.4, -0.2) is 14.5 Å². The first-order valence-electron chi connectivity index (χ1n) is 6.77. The molecule has 3 nitrogen and oxygen atoms in total. The molecule has 5 heteroatoms. The minimum Gasteiger partial charge on any atom is -0.212 e. The number of rotatable bonds is 4. The summed E-state index contributed by atoms with van der Waals surface area (Å²) >= 11 is 0. The predicted octanol–water partition coefficient (Wildman–Crippen LogP) is 2.43. The highest BCUT2D eigenvalue weighted by molar-refractivity contribution is 7.88. The van der Waals surface area contributed by atoms with Gasteiger partial charge in [0.2, 0.25) is 10.0 Å². The minimum absolute atomic E-state index is 0.0653. The Morgan fingerprint density at radius 2 is 2.00 bits per heavy atom. The Kier molecular flexibility index (Phi) is 3.35. The quantitative estimate of drug-likeness (QED) is 0.922. The standard InChI is InChI=1S/C14H18FNO2S/c15-13-4-2-1-3-12(13)9-19(17,18)16-14-8-10-5-6-11(14)7-10/h1-4,10-11,14,16H,5-9H2/t10-,11-,14+/m1/s1. The van der Waals surface area contributed by atoms with Gasteiger partial charge < -0.3 is 0 Å². The fourth-order valence-corrected chi connectivity index (χ4v) is 4.96. The summed E-state index contributed by atoms with van der Waals surface area (Å²) in [7, 11) is -3.45. The highest BCUT2D eigenvalue weighted by Gasteiger charge is 2.41. The Labute approximate surface area is 113 Å². The van der Waals surface area contributed by atoms with Crippen LogP contribution in [0.4, 0.5) is 4.39 Å². The molecule has 2 saturated carbocycles. The molecule has 0 spiro atoms. The molecule has 0 amide bonds. The van der Waals surface area contributed by atoms with E-state index in [-0.39, 0.29) is 17.4 Å². The van der Waals surface area contributed by atoms with Crippen molar-refractivity contribution < 1.29 is 12.8 Å². The van der Waals surface area contributed by atoms with Gasteiger partial charge in [0.05, 0.1) is 5.75 Å². The molecule has 104 valence electrons. The van der Waals surface area contributed by atoms with Gasteiger partial charge >= 0.3 is 0 Å². The van der Waals surface area contributed by atoms with Crippen molar-refractivity contribution in [2.45, 2.75) is 37.5 Å². The average Bonchev–Trinajstić information content (AvgIpc) is 2.93. The first-order valence-corrected chi connectivity index (χ1v) is 8.42. The second-order valence-electron chi connectivity index (χ2n) is 5.75. The summed E-state index contributed by atoms with van der Waals surface area (Å²) in [5, 5.41) is 0. The highest BCUT2D eigenvalue weighted by Crippen LogP contribution is 2.44. The van der Waals surface area contributed by atoms with Gasteiger partial charge in [-0.3, -0.25) is 0 Å². The van der Waals surface area contributed by atoms with Crippen LogP contribution in [0.5, 0.6) is 0 Å². The smallest absolute Gasteiger partial charge is 0.212 e. The van der Waals surface area contributed by atoms with E-state index in [2.05, 4.69) is 4.72 Å². The van der Waals surface area contributed by atoms with Crippen molar-refractivity contribution in [1.29, 1.82) is 0 Å². The van der Waals surface area contributed by atoms with Gasteiger partial charge in [0.15, 0.2) is 0 Å². The number of nitrogens with one attached hydrogen (secondary N) is 1. The van der Waals surface area contributed by atoms with Gasteiger partial charge in [-0.1, -0.05) is 24.6 Å². The highest BCUT2D eigenvalue weighted by atomic mass is 32.2. The van der Waals surface area contributed by atoms with E-state index < -0.39 is 15.8 Å². The number of fused-ring (bicyclic) bond motifs is 2. The third-order valence-corrected chi connectivity index (χ3v) is 5.73. The van der Waals surface area contributed by atoms with E-state index in [0.717, 1.165) is 19.3 Å². The molecule has 1 aromatic rings. The molecule has 2 bridgehead atoms. The molecule has 3 rings (SSSR count). The Morgan fingerprint density at radius 3 is 2.63 bits per heavy atom. The molecular formula is C14H18FNO2S. The first-order chi connectivity index (χ1) is 9.03. The van der Waals surface area contributed by atoms with Gasteiger partial charge in [-0.15, -0.1) is 0 Å². The van der Waals surface area contributed by atoms with E-state index in [9.17, 15) is 12.8 Å². The molecule has 2 aliphatic rings. The topological polar surface area (TPSA) is 46.2 Å². The monoisotopic (exact) mass is 283 g/mol. The Morgan fingerprint density at radius 1 is 1.21 bits per heavy atom. The molecule has 0 aliphatic heterocycles. The maximum atomic E-state index is 13.5. The molecule has 0 saturated heterocycles. The van der Waals surface area contributed by atoms with Gasteiger partial charge in [0, 0.05) is 11.6 Å². The van der Waals surface area contributed by atoms with Crippen LogP contribution in [-0.2, 0) is 15.8 Å². The summed E-state index contributed by atoms with van der Waals surface area (Å²) in [4.78, 5) is 0. The second kappa shape index (κ2) is 4.87. The number of sulfonamides is 1. The second-order valence-corrected chi connectivity index (χ2v) is 7.50. The lowest BCUT2D eigenvalue weighted by atomic mass is 9.96. The normalized spacial score (nSPS) is 29.8. The zero-order valence-electron chi connectivity index (χ0n) is 10.7. The number of benzene rings is 1. The molecular weight excluding hydrogens is 265 g/mol. The molecule has 3 atom stereocenters. The number of hydrogen-bond donors (Lipinski definition) is 1. The van der Waals surface area contributed by atoms with Crippen molar-refractivity contribution in [3.8, 4) is 0 Å². The maximum absolute atomic E-state index is 13.5. The Bertz CT molecular complexity index is 573. The van der Waals surface area contributed by atoms with E-state index >= 15 is 0 Å². The van der Waals surface area contributed by atoms with Crippen molar-refractivity contribution >= 4 is 10.0 Å². The number of hydrogen-bond acceptors (Lipinski definition) is 2. The zero-order chi connectivity index (χ0) is 13.5. The summed E-state index contributed by atoms with van der Waals surface area (Å²) in [6.07, 6.45) is 4.45. The van der Waals surface area contributed by atoms with Crippen molar-refractivity contribution in [2.24, 2.45) is 11.8 Å². The zero-order valence-corrected chi connectivity index (χ0v) is 11.5. The molecule has 2 fully saturated rings. The van der Waals surface area contributed by atoms with Crippen LogP contribution in [0.25, 0.3) is 0 Å². The van der Waals surface area contributed by atoms with E-state index in [1.165, 1.54) is 18.6 Å². The molecule has 19 heavy (non-hydrogen) atoms. The number of halogens is 1. The summed E-state index contributed by atoms with van der Waals surface area (Å²) in [5.74, 6) is 0.445. The lowest BCUT2D eigenvalue weighted by Gasteiger charge is -2.22.